The van der Waals surface area contributed by atoms with Gasteiger partial charge in [0.2, 0.25) is 0 Å². The molecule has 0 fully saturated rings. The fourth-order valence-electron chi connectivity index (χ4n) is 3.04. The number of carbonyl (C=O) groups excluding carboxylic acids is 2. The van der Waals surface area contributed by atoms with Gasteiger partial charge in [-0.2, -0.15) is 12.6 Å². The van der Waals surface area contributed by atoms with Crippen molar-refractivity contribution < 1.29 is 14.3 Å². The first-order valence-corrected chi connectivity index (χ1v) is 10.8. The zero-order valence-corrected chi connectivity index (χ0v) is 17.3. The van der Waals surface area contributed by atoms with E-state index in [1.165, 1.54) is 38.5 Å². The standard InChI is InChI=1S/C24H30O3S/c25-23(20-12-8-7-9-13-20)21-14-16-22(17-15-21)24(26)27-18-10-5-3-1-2-4-6-11-19-28/h7-9,12-17,28H,1-6,10-11,18-19H2. The molecule has 28 heavy (non-hydrogen) atoms. The number of hydrogen-bond donors (Lipinski definition) is 1. The second-order valence-corrected chi connectivity index (χ2v) is 7.41. The van der Waals surface area contributed by atoms with E-state index in [4.69, 9.17) is 4.74 Å². The van der Waals surface area contributed by atoms with Crippen molar-refractivity contribution in [1.82, 2.24) is 0 Å². The van der Waals surface area contributed by atoms with E-state index in [1.807, 2.05) is 18.2 Å². The number of esters is 1. The lowest BCUT2D eigenvalue weighted by molar-refractivity contribution is 0.0497. The SMILES string of the molecule is O=C(OCCCCCCCCCCS)c1ccc(C(=O)c2ccccc2)cc1. The highest BCUT2D eigenvalue weighted by Gasteiger charge is 2.11. The van der Waals surface area contributed by atoms with Crippen LogP contribution in [0.3, 0.4) is 0 Å². The van der Waals surface area contributed by atoms with Gasteiger partial charge >= 0.3 is 5.97 Å². The Morgan fingerprint density at radius 3 is 1.75 bits per heavy atom. The minimum Gasteiger partial charge on any atom is -0.462 e. The maximum Gasteiger partial charge on any atom is 0.338 e. The molecule has 0 heterocycles. The van der Waals surface area contributed by atoms with Gasteiger partial charge in [0.15, 0.2) is 5.78 Å². The van der Waals surface area contributed by atoms with Gasteiger partial charge in [-0.15, -0.1) is 0 Å². The van der Waals surface area contributed by atoms with Crippen LogP contribution in [0.15, 0.2) is 54.6 Å². The van der Waals surface area contributed by atoms with Crippen LogP contribution in [0.1, 0.15) is 77.6 Å². The normalized spacial score (nSPS) is 10.6. The lowest BCUT2D eigenvalue weighted by Crippen LogP contribution is -2.07. The topological polar surface area (TPSA) is 43.4 Å². The van der Waals surface area contributed by atoms with Crippen LogP contribution in [0.4, 0.5) is 0 Å². The summed E-state index contributed by atoms with van der Waals surface area (Å²) in [6.45, 7) is 0.448. The highest BCUT2D eigenvalue weighted by atomic mass is 32.1. The molecule has 0 N–H and O–H groups in total. The van der Waals surface area contributed by atoms with Crippen molar-refractivity contribution >= 4 is 24.4 Å². The summed E-state index contributed by atoms with van der Waals surface area (Å²) < 4.78 is 5.34. The summed E-state index contributed by atoms with van der Waals surface area (Å²) in [6.07, 6.45) is 9.47. The number of unbranched alkanes of at least 4 members (excludes halogenated alkanes) is 7. The molecule has 0 aliphatic rings. The molecule has 4 heteroatoms. The van der Waals surface area contributed by atoms with Crippen molar-refractivity contribution in [2.24, 2.45) is 0 Å². The average molecular weight is 399 g/mol. The van der Waals surface area contributed by atoms with Crippen LogP contribution in [-0.2, 0) is 4.74 Å². The Hall–Kier alpha value is -2.07. The zero-order valence-electron chi connectivity index (χ0n) is 16.4. The second-order valence-electron chi connectivity index (χ2n) is 6.96. The molecule has 0 unspecified atom stereocenters. The molecule has 0 radical (unpaired) electrons. The highest BCUT2D eigenvalue weighted by Crippen LogP contribution is 2.13. The third-order valence-electron chi connectivity index (χ3n) is 4.70. The van der Waals surface area contributed by atoms with Gasteiger partial charge in [0, 0.05) is 11.1 Å². The van der Waals surface area contributed by atoms with E-state index in [1.54, 1.807) is 36.4 Å². The molecule has 2 rings (SSSR count). The van der Waals surface area contributed by atoms with E-state index in [9.17, 15) is 9.59 Å². The Balaban J connectivity index is 1.64. The van der Waals surface area contributed by atoms with E-state index in [2.05, 4.69) is 12.6 Å². The van der Waals surface area contributed by atoms with Gasteiger partial charge in [-0.25, -0.2) is 4.79 Å². The van der Waals surface area contributed by atoms with Crippen molar-refractivity contribution in [2.45, 2.75) is 51.4 Å². The number of hydrogen-bond acceptors (Lipinski definition) is 4. The Kier molecular flexibility index (Phi) is 10.4. The lowest BCUT2D eigenvalue weighted by Gasteiger charge is -2.06. The average Bonchev–Trinajstić information content (AvgIpc) is 2.75. The zero-order chi connectivity index (χ0) is 20.0. The summed E-state index contributed by atoms with van der Waals surface area (Å²) >= 11 is 4.22. The van der Waals surface area contributed by atoms with E-state index < -0.39 is 0 Å². The van der Waals surface area contributed by atoms with Crippen molar-refractivity contribution in [2.75, 3.05) is 12.4 Å². The Morgan fingerprint density at radius 1 is 0.643 bits per heavy atom. The molecule has 0 atom stereocenters. The van der Waals surface area contributed by atoms with Crippen molar-refractivity contribution in [3.63, 3.8) is 0 Å². The predicted octanol–water partition coefficient (Wildman–Crippen LogP) is 6.13. The monoisotopic (exact) mass is 398 g/mol. The number of thiol groups is 1. The number of rotatable bonds is 13. The van der Waals surface area contributed by atoms with Gasteiger partial charge in [0.1, 0.15) is 0 Å². The first-order chi connectivity index (χ1) is 13.7. The van der Waals surface area contributed by atoms with Crippen LogP contribution in [0.25, 0.3) is 0 Å². The summed E-state index contributed by atoms with van der Waals surface area (Å²) in [4.78, 5) is 24.5. The van der Waals surface area contributed by atoms with Gasteiger partial charge in [0.25, 0.3) is 0 Å². The third-order valence-corrected chi connectivity index (χ3v) is 5.02. The Labute approximate surface area is 173 Å². The number of ether oxygens (including phenoxy) is 1. The van der Waals surface area contributed by atoms with Crippen LogP contribution in [-0.4, -0.2) is 24.1 Å². The molecule has 150 valence electrons. The van der Waals surface area contributed by atoms with Gasteiger partial charge in [0.05, 0.1) is 12.2 Å². The fourth-order valence-corrected chi connectivity index (χ4v) is 3.26. The summed E-state index contributed by atoms with van der Waals surface area (Å²) in [5, 5.41) is 0. The summed E-state index contributed by atoms with van der Waals surface area (Å²) in [6, 6.07) is 15.8. The molecule has 0 amide bonds. The third kappa shape index (κ3) is 7.89. The first-order valence-electron chi connectivity index (χ1n) is 10.2. The molecule has 0 aliphatic heterocycles. The van der Waals surface area contributed by atoms with Crippen molar-refractivity contribution in [3.05, 3.63) is 71.3 Å². The maximum atomic E-state index is 12.4. The Morgan fingerprint density at radius 2 is 1.14 bits per heavy atom. The van der Waals surface area contributed by atoms with E-state index in [0.717, 1.165) is 18.6 Å². The molecule has 0 bridgehead atoms. The largest absolute Gasteiger partial charge is 0.462 e. The van der Waals surface area contributed by atoms with Crippen LogP contribution < -0.4 is 0 Å². The maximum absolute atomic E-state index is 12.4. The number of ketones is 1. The lowest BCUT2D eigenvalue weighted by atomic mass is 10.0. The summed E-state index contributed by atoms with van der Waals surface area (Å²) in [7, 11) is 0. The molecular formula is C24H30O3S. The molecule has 0 spiro atoms. The molecule has 0 saturated carbocycles. The smallest absolute Gasteiger partial charge is 0.338 e. The second kappa shape index (κ2) is 13.2. The minimum atomic E-state index is -0.328. The Bertz CT molecular complexity index is 710. The molecule has 0 aliphatic carbocycles. The van der Waals surface area contributed by atoms with E-state index in [-0.39, 0.29) is 11.8 Å². The number of benzene rings is 2. The van der Waals surface area contributed by atoms with Crippen LogP contribution >= 0.6 is 12.6 Å². The molecular weight excluding hydrogens is 368 g/mol. The van der Waals surface area contributed by atoms with Crippen LogP contribution in [0.5, 0.6) is 0 Å². The molecule has 0 aromatic heterocycles. The van der Waals surface area contributed by atoms with Gasteiger partial charge in [-0.3, -0.25) is 4.79 Å². The summed E-state index contributed by atoms with van der Waals surface area (Å²) in [5.74, 6) is 0.605. The first kappa shape index (κ1) is 22.2. The van der Waals surface area contributed by atoms with Crippen molar-refractivity contribution in [1.29, 1.82) is 0 Å². The van der Waals surface area contributed by atoms with Crippen LogP contribution in [0, 0.1) is 0 Å². The van der Waals surface area contributed by atoms with E-state index >= 15 is 0 Å². The summed E-state index contributed by atoms with van der Waals surface area (Å²) in [5.41, 5.74) is 1.69. The van der Waals surface area contributed by atoms with Gasteiger partial charge in [-0.05, 0) is 30.7 Å². The number of carbonyl (C=O) groups is 2. The quantitative estimate of drug-likeness (QED) is 0.191. The van der Waals surface area contributed by atoms with Gasteiger partial charge in [-0.1, -0.05) is 81.0 Å². The predicted molar refractivity (Wildman–Crippen MR) is 117 cm³/mol. The molecule has 0 saturated heterocycles. The fraction of sp³-hybridized carbons (Fsp3) is 0.417. The van der Waals surface area contributed by atoms with Crippen LogP contribution in [0.2, 0.25) is 0 Å². The molecule has 2 aromatic rings. The molecule has 2 aromatic carbocycles. The van der Waals surface area contributed by atoms with E-state index in [0.29, 0.717) is 23.3 Å². The highest BCUT2D eigenvalue weighted by molar-refractivity contribution is 7.80. The van der Waals surface area contributed by atoms with Gasteiger partial charge < -0.3 is 4.74 Å². The van der Waals surface area contributed by atoms with Crippen molar-refractivity contribution in [3.8, 4) is 0 Å². The molecule has 3 nitrogen and oxygen atoms in total. The minimum absolute atomic E-state index is 0.0499.